The van der Waals surface area contributed by atoms with Crippen LogP contribution in [-0.2, 0) is 7.05 Å². The highest BCUT2D eigenvalue weighted by Gasteiger charge is 2.26. The molecule has 0 saturated carbocycles. The molecule has 8 heteroatoms. The van der Waals surface area contributed by atoms with Crippen molar-refractivity contribution in [3.63, 3.8) is 0 Å². The number of nitrogens with zero attached hydrogens (tertiary/aromatic N) is 3. The Morgan fingerprint density at radius 3 is 2.76 bits per heavy atom. The van der Waals surface area contributed by atoms with Crippen LogP contribution in [0.5, 0.6) is 0 Å². The van der Waals surface area contributed by atoms with Gasteiger partial charge in [-0.1, -0.05) is 0 Å². The third-order valence-electron chi connectivity index (χ3n) is 2.89. The summed E-state index contributed by atoms with van der Waals surface area (Å²) in [5.74, 6) is 1.93. The van der Waals surface area contributed by atoms with Gasteiger partial charge in [-0.2, -0.15) is 11.8 Å². The molecule has 3 rings (SSSR count). The Morgan fingerprint density at radius 1 is 1.47 bits per heavy atom. The van der Waals surface area contributed by atoms with E-state index in [0.29, 0.717) is 15.9 Å². The molecule has 3 heterocycles. The first-order chi connectivity index (χ1) is 8.09. The molecule has 0 amide bonds. The molecule has 6 nitrogen and oxygen atoms in total. The van der Waals surface area contributed by atoms with Gasteiger partial charge in [0.2, 0.25) is 0 Å². The van der Waals surface area contributed by atoms with Gasteiger partial charge in [0, 0.05) is 18.6 Å². The van der Waals surface area contributed by atoms with Gasteiger partial charge in [-0.05, 0) is 15.9 Å². The summed E-state index contributed by atoms with van der Waals surface area (Å²) in [6, 6.07) is 0.276. The first-order valence-electron chi connectivity index (χ1n) is 5.04. The average Bonchev–Trinajstić information content (AvgIpc) is 2.52. The summed E-state index contributed by atoms with van der Waals surface area (Å²) in [7, 11) is 1.60. The van der Waals surface area contributed by atoms with Crippen LogP contribution in [0.3, 0.4) is 0 Å². The van der Waals surface area contributed by atoms with Crippen LogP contribution >= 0.6 is 27.7 Å². The Hall–Kier alpha value is -1.02. The lowest BCUT2D eigenvalue weighted by atomic mass is 10.3. The minimum atomic E-state index is -0.442. The average molecular weight is 317 g/mol. The van der Waals surface area contributed by atoms with Crippen molar-refractivity contribution >= 4 is 38.9 Å². The summed E-state index contributed by atoms with van der Waals surface area (Å²) < 4.78 is 3.82. The van der Waals surface area contributed by atoms with Crippen molar-refractivity contribution in [2.24, 2.45) is 7.05 Å². The molecule has 2 aromatic heterocycles. The fraction of sp³-hybridized carbons (Fsp3) is 0.444. The second-order valence-corrected chi connectivity index (χ2v) is 5.72. The van der Waals surface area contributed by atoms with E-state index in [4.69, 9.17) is 0 Å². The monoisotopic (exact) mass is 316 g/mol. The van der Waals surface area contributed by atoms with Gasteiger partial charge in [-0.3, -0.25) is 14.3 Å². The largest absolute Gasteiger partial charge is 0.329 e. The predicted octanol–water partition coefficient (Wildman–Crippen LogP) is 0.474. The van der Waals surface area contributed by atoms with Crippen LogP contribution in [0.15, 0.2) is 14.3 Å². The van der Waals surface area contributed by atoms with E-state index >= 15 is 0 Å². The lowest BCUT2D eigenvalue weighted by molar-refractivity contribution is 0.594. The number of aryl methyl sites for hydroxylation is 1. The molecule has 1 N–H and O–H groups in total. The zero-order valence-electron chi connectivity index (χ0n) is 8.94. The summed E-state index contributed by atoms with van der Waals surface area (Å²) in [5.41, 5.74) is 0.0626. The summed E-state index contributed by atoms with van der Waals surface area (Å²) in [4.78, 5) is 29.9. The third-order valence-corrected chi connectivity index (χ3v) is 4.69. The molecule has 0 radical (unpaired) electrons. The Labute approximate surface area is 108 Å². The quantitative estimate of drug-likeness (QED) is 0.776. The Bertz CT molecular complexity index is 712. The van der Waals surface area contributed by atoms with Crippen molar-refractivity contribution in [2.45, 2.75) is 6.04 Å². The number of hydrogen-bond acceptors (Lipinski definition) is 4. The lowest BCUT2D eigenvalue weighted by Gasteiger charge is -2.27. The standard InChI is InChI=1S/C9H9BrN4O2S/c1-13-6-5(7(15)12-9(13)16)14(8(10)11-6)4-2-17-3-4/h4H,2-3H2,1H3,(H,12,15,16). The van der Waals surface area contributed by atoms with Gasteiger partial charge >= 0.3 is 5.69 Å². The van der Waals surface area contributed by atoms with Gasteiger partial charge < -0.3 is 4.57 Å². The van der Waals surface area contributed by atoms with E-state index in [9.17, 15) is 9.59 Å². The molecule has 0 bridgehead atoms. The van der Waals surface area contributed by atoms with Crippen molar-refractivity contribution in [3.05, 3.63) is 25.6 Å². The Balaban J connectivity index is 2.44. The van der Waals surface area contributed by atoms with Gasteiger partial charge in [0.1, 0.15) is 0 Å². The number of H-pyrrole nitrogens is 1. The summed E-state index contributed by atoms with van der Waals surface area (Å²) in [6.07, 6.45) is 0. The maximum Gasteiger partial charge on any atom is 0.329 e. The van der Waals surface area contributed by atoms with Gasteiger partial charge in [0.15, 0.2) is 15.9 Å². The highest BCUT2D eigenvalue weighted by atomic mass is 79.9. The van der Waals surface area contributed by atoms with Gasteiger partial charge in [0.05, 0.1) is 6.04 Å². The van der Waals surface area contributed by atoms with Crippen LogP contribution in [0, 0.1) is 0 Å². The van der Waals surface area contributed by atoms with Gasteiger partial charge in [-0.25, -0.2) is 9.78 Å². The number of aromatic amines is 1. The maximum atomic E-state index is 11.9. The molecule has 2 aromatic rings. The normalized spacial score (nSPS) is 16.4. The van der Waals surface area contributed by atoms with E-state index < -0.39 is 5.69 Å². The summed E-state index contributed by atoms with van der Waals surface area (Å²) in [6.45, 7) is 0. The molecule has 17 heavy (non-hydrogen) atoms. The van der Waals surface area contributed by atoms with Crippen LogP contribution in [0.2, 0.25) is 0 Å². The second-order valence-electron chi connectivity index (χ2n) is 3.93. The molecule has 1 aliphatic heterocycles. The SMILES string of the molecule is Cn1c(=O)[nH]c(=O)c2c1nc(Br)n2C1CSC1. The van der Waals surface area contributed by atoms with E-state index in [-0.39, 0.29) is 11.6 Å². The van der Waals surface area contributed by atoms with Crippen molar-refractivity contribution < 1.29 is 0 Å². The fourth-order valence-electron chi connectivity index (χ4n) is 1.88. The van der Waals surface area contributed by atoms with Crippen LogP contribution in [0.1, 0.15) is 6.04 Å². The first-order valence-corrected chi connectivity index (χ1v) is 6.99. The van der Waals surface area contributed by atoms with E-state index in [0.717, 1.165) is 11.5 Å². The maximum absolute atomic E-state index is 11.9. The van der Waals surface area contributed by atoms with Gasteiger partial charge in [-0.15, -0.1) is 0 Å². The molecule has 90 valence electrons. The van der Waals surface area contributed by atoms with E-state index in [1.807, 2.05) is 16.3 Å². The number of rotatable bonds is 1. The summed E-state index contributed by atoms with van der Waals surface area (Å²) >= 11 is 5.18. The minimum Gasteiger partial charge on any atom is -0.308 e. The molecular weight excluding hydrogens is 308 g/mol. The molecule has 0 spiro atoms. The number of fused-ring (bicyclic) bond motifs is 1. The van der Waals surface area contributed by atoms with E-state index in [2.05, 4.69) is 25.9 Å². The molecular formula is C9H9BrN4O2S. The van der Waals surface area contributed by atoms with Crippen LogP contribution in [0.4, 0.5) is 0 Å². The first kappa shape index (κ1) is 11.1. The van der Waals surface area contributed by atoms with Crippen molar-refractivity contribution in [3.8, 4) is 0 Å². The topological polar surface area (TPSA) is 72.7 Å². The highest BCUT2D eigenvalue weighted by molar-refractivity contribution is 9.10. The Morgan fingerprint density at radius 2 is 2.18 bits per heavy atom. The number of hydrogen-bond donors (Lipinski definition) is 1. The molecule has 1 saturated heterocycles. The molecule has 1 fully saturated rings. The number of aromatic nitrogens is 4. The van der Waals surface area contributed by atoms with Crippen LogP contribution in [-0.4, -0.2) is 30.6 Å². The predicted molar refractivity (Wildman–Crippen MR) is 69.7 cm³/mol. The molecule has 0 aromatic carbocycles. The third kappa shape index (κ3) is 1.50. The molecule has 1 aliphatic rings. The molecule has 0 atom stereocenters. The Kier molecular flexibility index (Phi) is 2.44. The summed E-state index contributed by atoms with van der Waals surface area (Å²) in [5, 5.41) is 0. The van der Waals surface area contributed by atoms with E-state index in [1.54, 1.807) is 7.05 Å². The van der Waals surface area contributed by atoms with Crippen LogP contribution in [0.25, 0.3) is 11.2 Å². The molecule has 0 aliphatic carbocycles. The fourth-order valence-corrected chi connectivity index (χ4v) is 3.26. The number of thioether (sulfide) groups is 1. The zero-order chi connectivity index (χ0) is 12.2. The zero-order valence-corrected chi connectivity index (χ0v) is 11.3. The number of imidazole rings is 1. The smallest absolute Gasteiger partial charge is 0.308 e. The van der Waals surface area contributed by atoms with E-state index in [1.165, 1.54) is 4.57 Å². The van der Waals surface area contributed by atoms with Crippen molar-refractivity contribution in [2.75, 3.05) is 11.5 Å². The van der Waals surface area contributed by atoms with Crippen molar-refractivity contribution in [1.29, 1.82) is 0 Å². The second kappa shape index (κ2) is 3.74. The van der Waals surface area contributed by atoms with Gasteiger partial charge in [0.25, 0.3) is 5.56 Å². The van der Waals surface area contributed by atoms with Crippen LogP contribution < -0.4 is 11.2 Å². The lowest BCUT2D eigenvalue weighted by Crippen LogP contribution is -2.31. The minimum absolute atomic E-state index is 0.276. The number of nitrogens with one attached hydrogen (secondary N) is 1. The number of halogens is 1. The van der Waals surface area contributed by atoms with Crippen molar-refractivity contribution in [1.82, 2.24) is 19.1 Å². The molecule has 0 unspecified atom stereocenters. The highest BCUT2D eigenvalue weighted by Crippen LogP contribution is 2.33.